The van der Waals surface area contributed by atoms with Crippen LogP contribution in [0.3, 0.4) is 0 Å². The molecule has 1 aliphatic rings. The number of carbonyl (C=O) groups is 2. The highest BCUT2D eigenvalue weighted by Gasteiger charge is 2.31. The minimum atomic E-state index is -0.853. The normalized spacial score (nSPS) is 13.7. The smallest absolute Gasteiger partial charge is 0.342 e. The molecule has 0 bridgehead atoms. The second-order valence-electron chi connectivity index (χ2n) is 5.56. The number of carboxylic acid groups (broad SMARTS) is 1. The van der Waals surface area contributed by atoms with Crippen LogP contribution in [0.2, 0.25) is 0 Å². The number of rotatable bonds is 6. The number of fused-ring (bicyclic) bond motifs is 1. The number of carbonyl (C=O) groups excluding carboxylic acids is 1. The van der Waals surface area contributed by atoms with E-state index in [0.717, 1.165) is 11.1 Å². The molecule has 6 heteroatoms. The molecular weight excluding hydrogens is 300 g/mol. The maximum Gasteiger partial charge on any atom is 0.342 e. The van der Waals surface area contributed by atoms with E-state index in [1.807, 2.05) is 19.9 Å². The third-order valence-electron chi connectivity index (χ3n) is 4.04. The Balaban J connectivity index is 2.37. The molecule has 1 aliphatic heterocycles. The summed E-state index contributed by atoms with van der Waals surface area (Å²) in [7, 11) is 1.51. The highest BCUT2D eigenvalue weighted by atomic mass is 16.5. The number of benzene rings is 1. The number of allylic oxidation sites excluding steroid dienone is 2. The first-order valence-electron chi connectivity index (χ1n) is 7.32. The van der Waals surface area contributed by atoms with E-state index < -0.39 is 11.9 Å². The van der Waals surface area contributed by atoms with Gasteiger partial charge >= 0.3 is 11.9 Å². The molecule has 2 rings (SSSR count). The molecule has 0 saturated heterocycles. The molecule has 0 amide bonds. The summed E-state index contributed by atoms with van der Waals surface area (Å²) in [6.07, 6.45) is 2.68. The SMILES string of the molecule is COc1c(C)c2c(c(O)c1CC=C(C)CCC(=O)O)C(=O)OC2. The van der Waals surface area contributed by atoms with Crippen molar-refractivity contribution >= 4 is 11.9 Å². The lowest BCUT2D eigenvalue weighted by molar-refractivity contribution is -0.136. The van der Waals surface area contributed by atoms with Gasteiger partial charge in [-0.3, -0.25) is 4.79 Å². The second kappa shape index (κ2) is 6.73. The first-order valence-corrected chi connectivity index (χ1v) is 7.32. The molecule has 0 aliphatic carbocycles. The number of carboxylic acids is 1. The summed E-state index contributed by atoms with van der Waals surface area (Å²) in [4.78, 5) is 22.4. The van der Waals surface area contributed by atoms with Gasteiger partial charge < -0.3 is 19.7 Å². The molecule has 2 N–H and O–H groups in total. The number of ether oxygens (including phenoxy) is 2. The van der Waals surface area contributed by atoms with Gasteiger partial charge in [-0.05, 0) is 32.3 Å². The predicted molar refractivity (Wildman–Crippen MR) is 82.8 cm³/mol. The van der Waals surface area contributed by atoms with E-state index >= 15 is 0 Å². The monoisotopic (exact) mass is 320 g/mol. The number of methoxy groups -OCH3 is 1. The van der Waals surface area contributed by atoms with Gasteiger partial charge in [0, 0.05) is 17.5 Å². The number of aromatic hydroxyl groups is 1. The lowest BCUT2D eigenvalue weighted by Crippen LogP contribution is -2.03. The van der Waals surface area contributed by atoms with E-state index in [4.69, 9.17) is 14.6 Å². The average Bonchev–Trinajstić information content (AvgIpc) is 2.89. The largest absolute Gasteiger partial charge is 0.507 e. The van der Waals surface area contributed by atoms with Gasteiger partial charge in [-0.2, -0.15) is 0 Å². The summed E-state index contributed by atoms with van der Waals surface area (Å²) < 4.78 is 10.4. The molecule has 0 aromatic heterocycles. The zero-order chi connectivity index (χ0) is 17.1. The van der Waals surface area contributed by atoms with Crippen LogP contribution in [0.15, 0.2) is 11.6 Å². The number of aliphatic carboxylic acids is 1. The molecule has 124 valence electrons. The Morgan fingerprint density at radius 2 is 2.09 bits per heavy atom. The Labute approximate surface area is 134 Å². The zero-order valence-electron chi connectivity index (χ0n) is 13.4. The Morgan fingerprint density at radius 1 is 1.39 bits per heavy atom. The molecule has 0 atom stereocenters. The van der Waals surface area contributed by atoms with Gasteiger partial charge in [-0.1, -0.05) is 11.6 Å². The summed E-state index contributed by atoms with van der Waals surface area (Å²) in [6.45, 7) is 3.79. The van der Waals surface area contributed by atoms with Crippen LogP contribution in [0.1, 0.15) is 46.8 Å². The van der Waals surface area contributed by atoms with Crippen molar-refractivity contribution in [1.29, 1.82) is 0 Å². The molecule has 6 nitrogen and oxygen atoms in total. The molecule has 1 aromatic carbocycles. The number of hydrogen-bond donors (Lipinski definition) is 2. The quantitative estimate of drug-likeness (QED) is 0.618. The van der Waals surface area contributed by atoms with Crippen LogP contribution < -0.4 is 4.74 Å². The third-order valence-corrected chi connectivity index (χ3v) is 4.04. The molecule has 0 unspecified atom stereocenters. The number of cyclic esters (lactones) is 1. The van der Waals surface area contributed by atoms with Gasteiger partial charge in [0.2, 0.25) is 0 Å². The molecule has 0 spiro atoms. The zero-order valence-corrected chi connectivity index (χ0v) is 13.4. The van der Waals surface area contributed by atoms with Gasteiger partial charge in [-0.25, -0.2) is 4.79 Å². The fourth-order valence-corrected chi connectivity index (χ4v) is 2.71. The predicted octanol–water partition coefficient (Wildman–Crippen LogP) is 2.73. The second-order valence-corrected chi connectivity index (χ2v) is 5.56. The van der Waals surface area contributed by atoms with Gasteiger partial charge in [-0.15, -0.1) is 0 Å². The maximum absolute atomic E-state index is 11.8. The van der Waals surface area contributed by atoms with Gasteiger partial charge in [0.1, 0.15) is 23.7 Å². The average molecular weight is 320 g/mol. The van der Waals surface area contributed by atoms with Crippen molar-refractivity contribution in [3.05, 3.63) is 33.9 Å². The van der Waals surface area contributed by atoms with Crippen molar-refractivity contribution in [3.8, 4) is 11.5 Å². The minimum Gasteiger partial charge on any atom is -0.507 e. The van der Waals surface area contributed by atoms with Crippen molar-refractivity contribution in [1.82, 2.24) is 0 Å². The Morgan fingerprint density at radius 3 is 2.70 bits per heavy atom. The Bertz CT molecular complexity index is 687. The topological polar surface area (TPSA) is 93.1 Å². The summed E-state index contributed by atoms with van der Waals surface area (Å²) >= 11 is 0. The summed E-state index contributed by atoms with van der Waals surface area (Å²) in [5.41, 5.74) is 3.04. The molecule has 23 heavy (non-hydrogen) atoms. The van der Waals surface area contributed by atoms with Gasteiger partial charge in [0.15, 0.2) is 0 Å². The van der Waals surface area contributed by atoms with Crippen molar-refractivity contribution in [3.63, 3.8) is 0 Å². The van der Waals surface area contributed by atoms with Crippen LogP contribution in [0.5, 0.6) is 11.5 Å². The lowest BCUT2D eigenvalue weighted by Gasteiger charge is -2.15. The highest BCUT2D eigenvalue weighted by Crippen LogP contribution is 2.41. The van der Waals surface area contributed by atoms with Crippen LogP contribution in [0.4, 0.5) is 0 Å². The van der Waals surface area contributed by atoms with Gasteiger partial charge in [0.25, 0.3) is 0 Å². The van der Waals surface area contributed by atoms with Gasteiger partial charge in [0.05, 0.1) is 7.11 Å². The number of phenols is 1. The fraction of sp³-hybridized carbons (Fsp3) is 0.412. The molecule has 0 saturated carbocycles. The van der Waals surface area contributed by atoms with Crippen molar-refractivity contribution in [2.24, 2.45) is 0 Å². The van der Waals surface area contributed by atoms with Crippen LogP contribution in [0.25, 0.3) is 0 Å². The number of esters is 1. The number of hydrogen-bond acceptors (Lipinski definition) is 5. The maximum atomic E-state index is 11.8. The molecule has 1 aromatic rings. The van der Waals surface area contributed by atoms with E-state index in [0.29, 0.717) is 29.7 Å². The fourth-order valence-electron chi connectivity index (χ4n) is 2.71. The van der Waals surface area contributed by atoms with Crippen molar-refractivity contribution < 1.29 is 29.3 Å². The van der Waals surface area contributed by atoms with E-state index in [-0.39, 0.29) is 24.3 Å². The molecule has 1 heterocycles. The van der Waals surface area contributed by atoms with Crippen molar-refractivity contribution in [2.45, 2.75) is 39.7 Å². The van der Waals surface area contributed by atoms with E-state index in [2.05, 4.69) is 0 Å². The Kier molecular flexibility index (Phi) is 4.93. The van der Waals surface area contributed by atoms with E-state index in [1.54, 1.807) is 0 Å². The molecular formula is C17H20O6. The lowest BCUT2D eigenvalue weighted by atomic mass is 9.94. The van der Waals surface area contributed by atoms with Crippen LogP contribution in [-0.2, 0) is 22.6 Å². The first kappa shape index (κ1) is 16.9. The number of phenolic OH excluding ortho intramolecular Hbond substituents is 1. The minimum absolute atomic E-state index is 0.0565. The third kappa shape index (κ3) is 3.31. The van der Waals surface area contributed by atoms with E-state index in [1.165, 1.54) is 7.11 Å². The summed E-state index contributed by atoms with van der Waals surface area (Å²) in [5.74, 6) is -0.973. The molecule has 0 radical (unpaired) electrons. The molecule has 0 fully saturated rings. The Hall–Kier alpha value is -2.50. The van der Waals surface area contributed by atoms with Crippen molar-refractivity contribution in [2.75, 3.05) is 7.11 Å². The summed E-state index contributed by atoms with van der Waals surface area (Å²) in [6, 6.07) is 0. The van der Waals surface area contributed by atoms with Crippen LogP contribution >= 0.6 is 0 Å². The van der Waals surface area contributed by atoms with Crippen LogP contribution in [-0.4, -0.2) is 29.3 Å². The summed E-state index contributed by atoms with van der Waals surface area (Å²) in [5, 5.41) is 19.1. The standard InChI is InChI=1S/C17H20O6/c1-9(5-7-13(18)19)4-6-11-15(20)14-12(8-23-17(14)21)10(2)16(11)22-3/h4,20H,5-8H2,1-3H3,(H,18,19). The van der Waals surface area contributed by atoms with Crippen LogP contribution in [0, 0.1) is 6.92 Å². The van der Waals surface area contributed by atoms with E-state index in [9.17, 15) is 14.7 Å². The highest BCUT2D eigenvalue weighted by molar-refractivity contribution is 5.98. The first-order chi connectivity index (χ1) is 10.9.